The van der Waals surface area contributed by atoms with Crippen LogP contribution in [0.25, 0.3) is 0 Å². The molecule has 0 heterocycles. The number of halogens is 1. The van der Waals surface area contributed by atoms with Gasteiger partial charge in [0, 0.05) is 28.0 Å². The number of benzene rings is 2. The number of rotatable bonds is 5. The molecule has 0 fully saturated rings. The fourth-order valence-corrected chi connectivity index (χ4v) is 2.65. The molecule has 5 nitrogen and oxygen atoms in total. The van der Waals surface area contributed by atoms with E-state index >= 15 is 0 Å². The van der Waals surface area contributed by atoms with Crippen LogP contribution in [0.2, 0.25) is 0 Å². The van der Waals surface area contributed by atoms with Crippen LogP contribution < -0.4 is 24.8 Å². The van der Waals surface area contributed by atoms with Crippen LogP contribution in [0.1, 0.15) is 0 Å². The van der Waals surface area contributed by atoms with Gasteiger partial charge in [-0.1, -0.05) is 22.0 Å². The number of anilines is 2. The summed E-state index contributed by atoms with van der Waals surface area (Å²) < 4.78 is 16.9. The van der Waals surface area contributed by atoms with E-state index in [1.54, 1.807) is 33.5 Å². The van der Waals surface area contributed by atoms with E-state index in [-0.39, 0.29) is 0 Å². The Hall–Kier alpha value is -1.99. The lowest BCUT2D eigenvalue weighted by Crippen LogP contribution is -2.19. The van der Waals surface area contributed by atoms with Crippen molar-refractivity contribution in [2.75, 3.05) is 32.0 Å². The highest BCUT2D eigenvalue weighted by atomic mass is 79.9. The van der Waals surface area contributed by atoms with Crippen LogP contribution in [-0.2, 0) is 0 Å². The summed E-state index contributed by atoms with van der Waals surface area (Å²) in [5, 5.41) is 6.67. The topological polar surface area (TPSA) is 51.8 Å². The zero-order chi connectivity index (χ0) is 16.8. The molecular weight excluding hydrogens is 380 g/mol. The van der Waals surface area contributed by atoms with E-state index in [1.807, 2.05) is 24.3 Å². The molecule has 0 radical (unpaired) electrons. The van der Waals surface area contributed by atoms with Gasteiger partial charge in [0.05, 0.1) is 21.3 Å². The third-order valence-electron chi connectivity index (χ3n) is 3.01. The predicted octanol–water partition coefficient (Wildman–Crippen LogP) is 4.28. The Morgan fingerprint density at radius 3 is 2.04 bits per heavy atom. The van der Waals surface area contributed by atoms with Crippen molar-refractivity contribution in [2.24, 2.45) is 0 Å². The maximum Gasteiger partial charge on any atom is 0.203 e. The van der Waals surface area contributed by atoms with Gasteiger partial charge >= 0.3 is 0 Å². The molecule has 23 heavy (non-hydrogen) atoms. The number of nitrogens with one attached hydrogen (secondary N) is 2. The SMILES string of the molecule is COc1cc(NC(=S)Nc2cccc(Br)c2)cc(OC)c1OC. The molecule has 0 spiro atoms. The Morgan fingerprint density at radius 2 is 1.52 bits per heavy atom. The molecule has 7 heteroatoms. The second-order valence-electron chi connectivity index (χ2n) is 4.50. The van der Waals surface area contributed by atoms with Gasteiger partial charge < -0.3 is 24.8 Å². The maximum absolute atomic E-state index is 5.33. The van der Waals surface area contributed by atoms with Crippen LogP contribution in [0, 0.1) is 0 Å². The lowest BCUT2D eigenvalue weighted by molar-refractivity contribution is 0.324. The molecule has 0 aliphatic rings. The first-order chi connectivity index (χ1) is 11.1. The molecule has 122 valence electrons. The van der Waals surface area contributed by atoms with Gasteiger partial charge in [-0.2, -0.15) is 0 Å². The predicted molar refractivity (Wildman–Crippen MR) is 100 cm³/mol. The Balaban J connectivity index is 2.17. The van der Waals surface area contributed by atoms with E-state index in [9.17, 15) is 0 Å². The molecule has 0 aliphatic heterocycles. The van der Waals surface area contributed by atoms with Crippen molar-refractivity contribution in [3.8, 4) is 17.2 Å². The van der Waals surface area contributed by atoms with Crippen LogP contribution in [0.15, 0.2) is 40.9 Å². The standard InChI is InChI=1S/C16H17BrN2O3S/c1-20-13-8-12(9-14(21-2)15(13)22-3)19-16(23)18-11-6-4-5-10(17)7-11/h4-9H,1-3H3,(H2,18,19,23). The van der Waals surface area contributed by atoms with Crippen LogP contribution >= 0.6 is 28.1 Å². The van der Waals surface area contributed by atoms with Gasteiger partial charge in [0.1, 0.15) is 0 Å². The molecule has 0 aliphatic carbocycles. The lowest BCUT2D eigenvalue weighted by Gasteiger charge is -2.16. The number of hydrogen-bond donors (Lipinski definition) is 2. The van der Waals surface area contributed by atoms with Crippen molar-refractivity contribution in [3.63, 3.8) is 0 Å². The highest BCUT2D eigenvalue weighted by Gasteiger charge is 2.13. The molecular formula is C16H17BrN2O3S. The van der Waals surface area contributed by atoms with Crippen LogP contribution in [-0.4, -0.2) is 26.4 Å². The molecule has 0 saturated carbocycles. The molecule has 0 aromatic heterocycles. The normalized spacial score (nSPS) is 9.91. The third kappa shape index (κ3) is 4.49. The average molecular weight is 397 g/mol. The Bertz CT molecular complexity index is 684. The molecule has 2 rings (SSSR count). The van der Waals surface area contributed by atoms with Crippen LogP contribution in [0.5, 0.6) is 17.2 Å². The van der Waals surface area contributed by atoms with Gasteiger partial charge in [-0.3, -0.25) is 0 Å². The van der Waals surface area contributed by atoms with E-state index in [0.717, 1.165) is 15.8 Å². The summed E-state index contributed by atoms with van der Waals surface area (Å²) in [4.78, 5) is 0. The quantitative estimate of drug-likeness (QED) is 0.735. The van der Waals surface area contributed by atoms with Gasteiger partial charge in [-0.15, -0.1) is 0 Å². The summed E-state index contributed by atoms with van der Waals surface area (Å²) >= 11 is 8.75. The van der Waals surface area contributed by atoms with Gasteiger partial charge in [-0.25, -0.2) is 0 Å². The van der Waals surface area contributed by atoms with Gasteiger partial charge in [-0.05, 0) is 30.4 Å². The summed E-state index contributed by atoms with van der Waals surface area (Å²) in [7, 11) is 4.70. The third-order valence-corrected chi connectivity index (χ3v) is 3.70. The first-order valence-corrected chi connectivity index (χ1v) is 7.91. The number of methoxy groups -OCH3 is 3. The van der Waals surface area contributed by atoms with Gasteiger partial charge in [0.15, 0.2) is 16.6 Å². The minimum absolute atomic E-state index is 0.456. The molecule has 2 N–H and O–H groups in total. The Labute approximate surface area is 149 Å². The van der Waals surface area contributed by atoms with Gasteiger partial charge in [0.2, 0.25) is 5.75 Å². The highest BCUT2D eigenvalue weighted by molar-refractivity contribution is 9.10. The van der Waals surface area contributed by atoms with E-state index in [1.165, 1.54) is 0 Å². The molecule has 0 bridgehead atoms. The van der Waals surface area contributed by atoms with Crippen molar-refractivity contribution in [2.45, 2.75) is 0 Å². The second kappa shape index (κ2) is 8.03. The smallest absolute Gasteiger partial charge is 0.203 e. The van der Waals surface area contributed by atoms with Crippen molar-refractivity contribution < 1.29 is 14.2 Å². The fraction of sp³-hybridized carbons (Fsp3) is 0.188. The van der Waals surface area contributed by atoms with Crippen molar-refractivity contribution in [1.29, 1.82) is 0 Å². The first-order valence-electron chi connectivity index (χ1n) is 6.71. The summed E-state index contributed by atoms with van der Waals surface area (Å²) in [5.41, 5.74) is 1.61. The Kier molecular flexibility index (Phi) is 6.06. The van der Waals surface area contributed by atoms with Crippen molar-refractivity contribution >= 4 is 44.6 Å². The Morgan fingerprint density at radius 1 is 0.913 bits per heavy atom. The molecule has 0 atom stereocenters. The lowest BCUT2D eigenvalue weighted by atomic mass is 10.2. The van der Waals surface area contributed by atoms with Crippen molar-refractivity contribution in [1.82, 2.24) is 0 Å². The first kappa shape index (κ1) is 17.4. The fourth-order valence-electron chi connectivity index (χ4n) is 2.01. The summed E-state index contributed by atoms with van der Waals surface area (Å²) in [6.07, 6.45) is 0. The molecule has 2 aromatic carbocycles. The minimum Gasteiger partial charge on any atom is -0.493 e. The minimum atomic E-state index is 0.456. The van der Waals surface area contributed by atoms with Gasteiger partial charge in [0.25, 0.3) is 0 Å². The zero-order valence-electron chi connectivity index (χ0n) is 13.0. The molecule has 0 amide bonds. The zero-order valence-corrected chi connectivity index (χ0v) is 15.4. The molecule has 2 aromatic rings. The summed E-state index contributed by atoms with van der Waals surface area (Å²) in [6, 6.07) is 11.3. The number of thiocarbonyl (C=S) groups is 1. The van der Waals surface area contributed by atoms with E-state index in [4.69, 9.17) is 26.4 Å². The van der Waals surface area contributed by atoms with E-state index < -0.39 is 0 Å². The number of hydrogen-bond acceptors (Lipinski definition) is 4. The van der Waals surface area contributed by atoms with Crippen LogP contribution in [0.3, 0.4) is 0 Å². The highest BCUT2D eigenvalue weighted by Crippen LogP contribution is 2.39. The second-order valence-corrected chi connectivity index (χ2v) is 5.83. The maximum atomic E-state index is 5.33. The largest absolute Gasteiger partial charge is 0.493 e. The molecule has 0 unspecified atom stereocenters. The van der Waals surface area contributed by atoms with E-state index in [2.05, 4.69) is 26.6 Å². The molecule has 0 saturated heterocycles. The average Bonchev–Trinajstić information content (AvgIpc) is 2.53. The number of ether oxygens (including phenoxy) is 3. The van der Waals surface area contributed by atoms with Crippen molar-refractivity contribution in [3.05, 3.63) is 40.9 Å². The monoisotopic (exact) mass is 396 g/mol. The summed E-state index contributed by atoms with van der Waals surface area (Å²) in [6.45, 7) is 0. The van der Waals surface area contributed by atoms with E-state index in [0.29, 0.717) is 22.4 Å². The summed E-state index contributed by atoms with van der Waals surface area (Å²) in [5.74, 6) is 1.64. The van der Waals surface area contributed by atoms with Crippen LogP contribution in [0.4, 0.5) is 11.4 Å².